The molecule has 0 radical (unpaired) electrons. The van der Waals surface area contributed by atoms with Gasteiger partial charge in [0, 0.05) is 43.5 Å². The van der Waals surface area contributed by atoms with Crippen LogP contribution in [0, 0.1) is 5.41 Å². The largest absolute Gasteiger partial charge is 0.488 e. The number of piperazine rings is 1. The SMILES string of the molecule is CC(C(F)F)N1CCN(c2cc(C(=N)c3cc(OC4(C)CC4)ccc3N)ncn2)CC1. The van der Waals surface area contributed by atoms with E-state index >= 15 is 0 Å². The number of halogens is 2. The van der Waals surface area contributed by atoms with Crippen LogP contribution in [0.25, 0.3) is 0 Å². The lowest BCUT2D eigenvalue weighted by Crippen LogP contribution is -2.51. The fraction of sp³-hybridized carbons (Fsp3) is 0.500. The molecule has 2 heterocycles. The van der Waals surface area contributed by atoms with Crippen molar-refractivity contribution in [3.8, 4) is 5.75 Å². The number of alkyl halides is 2. The van der Waals surface area contributed by atoms with Gasteiger partial charge in [0.15, 0.2) is 0 Å². The number of anilines is 2. The van der Waals surface area contributed by atoms with Crippen molar-refractivity contribution in [2.45, 2.75) is 44.8 Å². The van der Waals surface area contributed by atoms with E-state index in [1.54, 1.807) is 30.0 Å². The second kappa shape index (κ2) is 8.37. The van der Waals surface area contributed by atoms with Crippen LogP contribution in [-0.2, 0) is 0 Å². The van der Waals surface area contributed by atoms with E-state index in [-0.39, 0.29) is 11.3 Å². The first-order valence-electron chi connectivity index (χ1n) is 10.5. The smallest absolute Gasteiger partial charge is 0.253 e. The van der Waals surface area contributed by atoms with Crippen LogP contribution in [0.2, 0.25) is 0 Å². The van der Waals surface area contributed by atoms with E-state index in [9.17, 15) is 8.78 Å². The monoisotopic (exact) mass is 430 g/mol. The molecule has 4 rings (SSSR count). The van der Waals surface area contributed by atoms with E-state index in [0.29, 0.717) is 54.7 Å². The molecule has 1 unspecified atom stereocenters. The molecule has 1 saturated heterocycles. The number of hydrogen-bond acceptors (Lipinski definition) is 7. The van der Waals surface area contributed by atoms with Gasteiger partial charge < -0.3 is 15.4 Å². The summed E-state index contributed by atoms with van der Waals surface area (Å²) >= 11 is 0. The maximum Gasteiger partial charge on any atom is 0.253 e. The average molecular weight is 431 g/mol. The van der Waals surface area contributed by atoms with Crippen LogP contribution in [0.15, 0.2) is 30.6 Å². The van der Waals surface area contributed by atoms with E-state index in [4.69, 9.17) is 15.9 Å². The third kappa shape index (κ3) is 4.76. The lowest BCUT2D eigenvalue weighted by atomic mass is 10.0. The van der Waals surface area contributed by atoms with Gasteiger partial charge in [0.1, 0.15) is 23.5 Å². The quantitative estimate of drug-likeness (QED) is 0.518. The molecular weight excluding hydrogens is 402 g/mol. The van der Waals surface area contributed by atoms with Gasteiger partial charge >= 0.3 is 0 Å². The Balaban J connectivity index is 1.48. The van der Waals surface area contributed by atoms with Gasteiger partial charge in [0.05, 0.1) is 17.4 Å². The van der Waals surface area contributed by atoms with Gasteiger partial charge in [0.25, 0.3) is 6.43 Å². The molecule has 1 aromatic heterocycles. The Bertz CT molecular complexity index is 957. The molecule has 0 amide bonds. The summed E-state index contributed by atoms with van der Waals surface area (Å²) < 4.78 is 32.0. The molecule has 2 aliphatic rings. The molecule has 0 bridgehead atoms. The first kappa shape index (κ1) is 21.4. The van der Waals surface area contributed by atoms with Crippen LogP contribution in [0.5, 0.6) is 5.75 Å². The summed E-state index contributed by atoms with van der Waals surface area (Å²) in [7, 11) is 0. The highest BCUT2D eigenvalue weighted by atomic mass is 19.3. The van der Waals surface area contributed by atoms with Crippen molar-refractivity contribution in [1.82, 2.24) is 14.9 Å². The van der Waals surface area contributed by atoms with Crippen LogP contribution in [0.4, 0.5) is 20.3 Å². The van der Waals surface area contributed by atoms with E-state index in [2.05, 4.69) is 16.9 Å². The number of ether oxygens (including phenoxy) is 1. The molecule has 0 spiro atoms. The second-order valence-electron chi connectivity index (χ2n) is 8.54. The summed E-state index contributed by atoms with van der Waals surface area (Å²) in [5, 5.41) is 8.67. The number of nitrogens with one attached hydrogen (secondary N) is 1. The van der Waals surface area contributed by atoms with Gasteiger partial charge in [-0.15, -0.1) is 0 Å². The highest BCUT2D eigenvalue weighted by Gasteiger charge is 2.40. The zero-order valence-electron chi connectivity index (χ0n) is 17.8. The summed E-state index contributed by atoms with van der Waals surface area (Å²) in [5.74, 6) is 1.36. The normalized spacial score (nSPS) is 19.3. The van der Waals surface area contributed by atoms with Crippen molar-refractivity contribution in [2.24, 2.45) is 0 Å². The molecule has 1 aliphatic carbocycles. The molecule has 9 heteroatoms. The van der Waals surface area contributed by atoms with Crippen LogP contribution in [0.3, 0.4) is 0 Å². The number of nitrogen functional groups attached to an aromatic ring is 1. The summed E-state index contributed by atoms with van der Waals surface area (Å²) in [6.07, 6.45) is 1.10. The minimum atomic E-state index is -2.36. The molecule has 2 fully saturated rings. The van der Waals surface area contributed by atoms with E-state index in [1.807, 2.05) is 11.0 Å². The zero-order valence-corrected chi connectivity index (χ0v) is 17.8. The van der Waals surface area contributed by atoms with Gasteiger partial charge in [-0.3, -0.25) is 10.3 Å². The van der Waals surface area contributed by atoms with Crippen LogP contribution in [-0.4, -0.2) is 64.8 Å². The number of nitrogens with two attached hydrogens (primary N) is 1. The Labute approximate surface area is 180 Å². The summed E-state index contributed by atoms with van der Waals surface area (Å²) in [4.78, 5) is 12.4. The zero-order chi connectivity index (χ0) is 22.2. The van der Waals surface area contributed by atoms with Crippen molar-refractivity contribution in [2.75, 3.05) is 36.8 Å². The van der Waals surface area contributed by atoms with Gasteiger partial charge in [-0.05, 0) is 44.9 Å². The Morgan fingerprint density at radius 1 is 1.16 bits per heavy atom. The first-order chi connectivity index (χ1) is 14.8. The molecule has 1 saturated carbocycles. The summed E-state index contributed by atoms with van der Waals surface area (Å²) in [6, 6.07) is 6.35. The first-order valence-corrected chi connectivity index (χ1v) is 10.5. The van der Waals surface area contributed by atoms with E-state index in [0.717, 1.165) is 12.8 Å². The number of benzene rings is 1. The lowest BCUT2D eigenvalue weighted by molar-refractivity contribution is 0.0318. The van der Waals surface area contributed by atoms with Gasteiger partial charge in [-0.1, -0.05) is 0 Å². The Hall–Kier alpha value is -2.81. The highest BCUT2D eigenvalue weighted by Crippen LogP contribution is 2.40. The second-order valence-corrected chi connectivity index (χ2v) is 8.54. The molecule has 31 heavy (non-hydrogen) atoms. The standard InChI is InChI=1S/C22H28F2N6O/c1-14(21(23)24)29-7-9-30(10-8-29)19-12-18(27-13-28-19)20(26)16-11-15(3-4-17(16)25)31-22(2)5-6-22/h3-4,11-14,21,26H,5-10,25H2,1-2H3. The van der Waals surface area contributed by atoms with Gasteiger partial charge in [-0.2, -0.15) is 0 Å². The van der Waals surface area contributed by atoms with Crippen molar-refractivity contribution in [3.63, 3.8) is 0 Å². The maximum atomic E-state index is 13.0. The molecule has 1 aliphatic heterocycles. The predicted octanol–water partition coefficient (Wildman–Crippen LogP) is 3.18. The number of rotatable bonds is 7. The van der Waals surface area contributed by atoms with Crippen molar-refractivity contribution in [3.05, 3.63) is 41.9 Å². The Morgan fingerprint density at radius 2 is 1.87 bits per heavy atom. The maximum absolute atomic E-state index is 13.0. The molecule has 2 aromatic rings. The third-order valence-corrected chi connectivity index (χ3v) is 6.10. The minimum absolute atomic E-state index is 0.123. The van der Waals surface area contributed by atoms with Crippen molar-refractivity contribution >= 4 is 17.2 Å². The molecule has 3 N–H and O–H groups in total. The van der Waals surface area contributed by atoms with Crippen LogP contribution >= 0.6 is 0 Å². The fourth-order valence-corrected chi connectivity index (χ4v) is 3.69. The van der Waals surface area contributed by atoms with Crippen molar-refractivity contribution < 1.29 is 13.5 Å². The van der Waals surface area contributed by atoms with E-state index in [1.165, 1.54) is 6.33 Å². The third-order valence-electron chi connectivity index (χ3n) is 6.10. The minimum Gasteiger partial charge on any atom is -0.488 e. The molecule has 1 aromatic carbocycles. The molecule has 166 valence electrons. The van der Waals surface area contributed by atoms with Crippen LogP contribution in [0.1, 0.15) is 37.9 Å². The fourth-order valence-electron chi connectivity index (χ4n) is 3.69. The average Bonchev–Trinajstić information content (AvgIpc) is 3.50. The molecule has 7 nitrogen and oxygen atoms in total. The van der Waals surface area contributed by atoms with Crippen molar-refractivity contribution in [1.29, 1.82) is 5.41 Å². The highest BCUT2D eigenvalue weighted by molar-refractivity contribution is 6.13. The topological polar surface area (TPSA) is 91.4 Å². The molecule has 1 atom stereocenters. The molecular formula is C22H28F2N6O. The lowest BCUT2D eigenvalue weighted by Gasteiger charge is -2.38. The summed E-state index contributed by atoms with van der Waals surface area (Å²) in [6.45, 7) is 5.86. The number of aromatic nitrogens is 2. The van der Waals surface area contributed by atoms with Gasteiger partial charge in [0.2, 0.25) is 0 Å². The number of nitrogens with zero attached hydrogens (tertiary/aromatic N) is 4. The summed E-state index contributed by atoms with van der Waals surface area (Å²) in [5.41, 5.74) is 7.70. The Kier molecular flexibility index (Phi) is 5.79. The Morgan fingerprint density at radius 3 is 2.52 bits per heavy atom. The van der Waals surface area contributed by atoms with Gasteiger partial charge in [-0.25, -0.2) is 18.7 Å². The predicted molar refractivity (Wildman–Crippen MR) is 116 cm³/mol. The van der Waals surface area contributed by atoms with E-state index < -0.39 is 12.5 Å². The van der Waals surface area contributed by atoms with Crippen LogP contribution < -0.4 is 15.4 Å². The number of hydrogen-bond donors (Lipinski definition) is 2.